The van der Waals surface area contributed by atoms with E-state index in [9.17, 15) is 9.59 Å². The highest BCUT2D eigenvalue weighted by Gasteiger charge is 2.26. The van der Waals surface area contributed by atoms with Gasteiger partial charge in [-0.2, -0.15) is 0 Å². The van der Waals surface area contributed by atoms with Crippen molar-refractivity contribution < 1.29 is 9.59 Å². The molecule has 0 radical (unpaired) electrons. The number of hydrogen-bond acceptors (Lipinski definition) is 3. The maximum absolute atomic E-state index is 12.5. The number of amides is 2. The van der Waals surface area contributed by atoms with Crippen LogP contribution in [0, 0.1) is 5.92 Å². The van der Waals surface area contributed by atoms with Crippen molar-refractivity contribution in [2.75, 3.05) is 39.3 Å². The quantitative estimate of drug-likeness (QED) is 0.865. The first-order valence-electron chi connectivity index (χ1n) is 8.27. The Morgan fingerprint density at radius 3 is 2.17 bits per heavy atom. The number of carbonyl (C=O) groups excluding carboxylic acids is 2. The molecular formula is C17H21Cl2N3O2. The Morgan fingerprint density at radius 2 is 1.58 bits per heavy atom. The highest BCUT2D eigenvalue weighted by Crippen LogP contribution is 2.27. The van der Waals surface area contributed by atoms with Crippen LogP contribution < -0.4 is 5.32 Å². The number of nitrogens with one attached hydrogen (secondary N) is 1. The standard InChI is InChI=1S/C17H21Cl2N3O2/c18-14-7-13(8-15(19)9-14)17(24)22-5-3-21(4-6-22)16(23)11-20-10-12-1-2-12/h7-9,12,20H,1-6,10-11H2. The molecule has 1 saturated carbocycles. The molecule has 0 bridgehead atoms. The summed E-state index contributed by atoms with van der Waals surface area (Å²) >= 11 is 11.9. The summed E-state index contributed by atoms with van der Waals surface area (Å²) in [6.07, 6.45) is 2.55. The lowest BCUT2D eigenvalue weighted by atomic mass is 10.2. The third-order valence-electron chi connectivity index (χ3n) is 4.44. The van der Waals surface area contributed by atoms with E-state index in [-0.39, 0.29) is 11.8 Å². The molecule has 1 aliphatic carbocycles. The molecule has 0 unspecified atom stereocenters. The van der Waals surface area contributed by atoms with E-state index in [1.165, 1.54) is 12.8 Å². The molecule has 0 atom stereocenters. The molecular weight excluding hydrogens is 349 g/mol. The largest absolute Gasteiger partial charge is 0.338 e. The zero-order valence-corrected chi connectivity index (χ0v) is 14.9. The van der Waals surface area contributed by atoms with Gasteiger partial charge in [0.25, 0.3) is 5.91 Å². The van der Waals surface area contributed by atoms with Crippen LogP contribution in [0.25, 0.3) is 0 Å². The summed E-state index contributed by atoms with van der Waals surface area (Å²) < 4.78 is 0. The van der Waals surface area contributed by atoms with Gasteiger partial charge in [0.1, 0.15) is 0 Å². The Hall–Kier alpha value is -1.30. The first-order chi connectivity index (χ1) is 11.5. The predicted octanol–water partition coefficient (Wildman–Crippen LogP) is 2.28. The molecule has 5 nitrogen and oxygen atoms in total. The molecule has 24 heavy (non-hydrogen) atoms. The van der Waals surface area contributed by atoms with Gasteiger partial charge in [-0.25, -0.2) is 0 Å². The number of rotatable bonds is 5. The second kappa shape index (κ2) is 7.72. The Kier molecular flexibility index (Phi) is 5.64. The van der Waals surface area contributed by atoms with Crippen molar-refractivity contribution in [3.05, 3.63) is 33.8 Å². The Bertz CT molecular complexity index is 606. The van der Waals surface area contributed by atoms with Gasteiger partial charge in [-0.1, -0.05) is 23.2 Å². The lowest BCUT2D eigenvalue weighted by molar-refractivity contribution is -0.131. The van der Waals surface area contributed by atoms with Gasteiger partial charge in [-0.15, -0.1) is 0 Å². The minimum Gasteiger partial charge on any atom is -0.338 e. The average Bonchev–Trinajstić information content (AvgIpc) is 3.37. The smallest absolute Gasteiger partial charge is 0.254 e. The molecule has 1 aromatic carbocycles. The summed E-state index contributed by atoms with van der Waals surface area (Å²) in [6, 6.07) is 4.84. The summed E-state index contributed by atoms with van der Waals surface area (Å²) in [7, 11) is 0. The van der Waals surface area contributed by atoms with E-state index in [1.807, 2.05) is 4.90 Å². The summed E-state index contributed by atoms with van der Waals surface area (Å²) in [5.74, 6) is 0.767. The van der Waals surface area contributed by atoms with Gasteiger partial charge in [0.15, 0.2) is 0 Å². The molecule has 3 rings (SSSR count). The van der Waals surface area contributed by atoms with E-state index < -0.39 is 0 Å². The number of carbonyl (C=O) groups is 2. The van der Waals surface area contributed by atoms with Crippen LogP contribution in [-0.2, 0) is 4.79 Å². The van der Waals surface area contributed by atoms with Crippen molar-refractivity contribution in [2.45, 2.75) is 12.8 Å². The van der Waals surface area contributed by atoms with Gasteiger partial charge in [0, 0.05) is 41.8 Å². The van der Waals surface area contributed by atoms with Crippen molar-refractivity contribution in [1.29, 1.82) is 0 Å². The molecule has 0 spiro atoms. The lowest BCUT2D eigenvalue weighted by Crippen LogP contribution is -2.52. The van der Waals surface area contributed by atoms with E-state index in [0.29, 0.717) is 48.3 Å². The minimum atomic E-state index is -0.0987. The molecule has 1 saturated heterocycles. The van der Waals surface area contributed by atoms with Gasteiger partial charge in [0.05, 0.1) is 6.54 Å². The first kappa shape index (κ1) is 17.5. The van der Waals surface area contributed by atoms with Crippen LogP contribution >= 0.6 is 23.2 Å². The summed E-state index contributed by atoms with van der Waals surface area (Å²) in [5.41, 5.74) is 0.485. The number of benzene rings is 1. The zero-order chi connectivity index (χ0) is 17.1. The highest BCUT2D eigenvalue weighted by molar-refractivity contribution is 6.35. The van der Waals surface area contributed by atoms with Gasteiger partial charge < -0.3 is 15.1 Å². The molecule has 2 amide bonds. The van der Waals surface area contributed by atoms with Crippen LogP contribution in [-0.4, -0.2) is 60.9 Å². The Balaban J connectivity index is 1.48. The molecule has 0 aromatic heterocycles. The lowest BCUT2D eigenvalue weighted by Gasteiger charge is -2.35. The van der Waals surface area contributed by atoms with E-state index in [4.69, 9.17) is 23.2 Å². The van der Waals surface area contributed by atoms with Crippen LogP contribution in [0.5, 0.6) is 0 Å². The van der Waals surface area contributed by atoms with Gasteiger partial charge in [-0.05, 0) is 43.5 Å². The average molecular weight is 370 g/mol. The van der Waals surface area contributed by atoms with Crippen molar-refractivity contribution >= 4 is 35.0 Å². The van der Waals surface area contributed by atoms with E-state index >= 15 is 0 Å². The SMILES string of the molecule is O=C(CNCC1CC1)N1CCN(C(=O)c2cc(Cl)cc(Cl)c2)CC1. The van der Waals surface area contributed by atoms with E-state index in [1.54, 1.807) is 23.1 Å². The number of piperazine rings is 1. The summed E-state index contributed by atoms with van der Waals surface area (Å²) in [5, 5.41) is 4.11. The third-order valence-corrected chi connectivity index (χ3v) is 4.87. The summed E-state index contributed by atoms with van der Waals surface area (Å²) in [6.45, 7) is 3.48. The number of halogens is 2. The molecule has 130 valence electrons. The fraction of sp³-hybridized carbons (Fsp3) is 0.529. The van der Waals surface area contributed by atoms with Crippen LogP contribution in [0.2, 0.25) is 10.0 Å². The molecule has 2 fully saturated rings. The fourth-order valence-corrected chi connectivity index (χ4v) is 3.36. The second-order valence-corrected chi connectivity index (χ2v) is 7.28. The molecule has 7 heteroatoms. The molecule has 1 N–H and O–H groups in total. The maximum Gasteiger partial charge on any atom is 0.254 e. The van der Waals surface area contributed by atoms with E-state index in [2.05, 4.69) is 5.32 Å². The van der Waals surface area contributed by atoms with Crippen LogP contribution in [0.3, 0.4) is 0 Å². The fourth-order valence-electron chi connectivity index (χ4n) is 2.84. The van der Waals surface area contributed by atoms with Crippen LogP contribution in [0.4, 0.5) is 0 Å². The number of nitrogens with zero attached hydrogens (tertiary/aromatic N) is 2. The topological polar surface area (TPSA) is 52.7 Å². The first-order valence-corrected chi connectivity index (χ1v) is 9.02. The van der Waals surface area contributed by atoms with Gasteiger partial charge in [0.2, 0.25) is 5.91 Å². The van der Waals surface area contributed by atoms with E-state index in [0.717, 1.165) is 12.5 Å². The van der Waals surface area contributed by atoms with Crippen LogP contribution in [0.15, 0.2) is 18.2 Å². The molecule has 1 aliphatic heterocycles. The normalized spacial score (nSPS) is 17.9. The number of hydrogen-bond donors (Lipinski definition) is 1. The predicted molar refractivity (Wildman–Crippen MR) is 94.5 cm³/mol. The zero-order valence-electron chi connectivity index (χ0n) is 13.4. The highest BCUT2D eigenvalue weighted by atomic mass is 35.5. The Labute approximate surface area is 151 Å². The van der Waals surface area contributed by atoms with Crippen LogP contribution in [0.1, 0.15) is 23.2 Å². The molecule has 1 aromatic rings. The maximum atomic E-state index is 12.5. The van der Waals surface area contributed by atoms with Crippen molar-refractivity contribution in [3.8, 4) is 0 Å². The summed E-state index contributed by atoms with van der Waals surface area (Å²) in [4.78, 5) is 28.2. The van der Waals surface area contributed by atoms with Crippen molar-refractivity contribution in [2.24, 2.45) is 5.92 Å². The Morgan fingerprint density at radius 1 is 1.00 bits per heavy atom. The van der Waals surface area contributed by atoms with Crippen molar-refractivity contribution in [1.82, 2.24) is 15.1 Å². The molecule has 1 heterocycles. The van der Waals surface area contributed by atoms with Gasteiger partial charge in [-0.3, -0.25) is 9.59 Å². The third kappa shape index (κ3) is 4.62. The van der Waals surface area contributed by atoms with Crippen molar-refractivity contribution in [3.63, 3.8) is 0 Å². The minimum absolute atomic E-state index is 0.0987. The molecule has 2 aliphatic rings. The monoisotopic (exact) mass is 369 g/mol. The van der Waals surface area contributed by atoms with Gasteiger partial charge >= 0.3 is 0 Å². The second-order valence-electron chi connectivity index (χ2n) is 6.41.